The average Bonchev–Trinajstić information content (AvgIpc) is 2.87. The lowest BCUT2D eigenvalue weighted by Gasteiger charge is -2.22. The lowest BCUT2D eigenvalue weighted by molar-refractivity contribution is 0.0760. The molecule has 0 spiro atoms. The quantitative estimate of drug-likeness (QED) is 0.915. The Morgan fingerprint density at radius 1 is 0.962 bits per heavy atom. The topological polar surface area (TPSA) is 66.6 Å². The van der Waals surface area contributed by atoms with Gasteiger partial charge in [0.25, 0.3) is 5.91 Å². The van der Waals surface area contributed by atoms with Crippen molar-refractivity contribution < 1.29 is 14.0 Å². The molecule has 0 saturated carbocycles. The summed E-state index contributed by atoms with van der Waals surface area (Å²) in [4.78, 5) is 27.8. The van der Waals surface area contributed by atoms with Crippen molar-refractivity contribution in [2.45, 2.75) is 13.0 Å². The molecule has 1 fully saturated rings. The molecule has 2 aromatic rings. The zero-order valence-corrected chi connectivity index (χ0v) is 14.5. The first kappa shape index (κ1) is 18.1. The van der Waals surface area contributed by atoms with E-state index in [1.54, 1.807) is 29.2 Å². The first-order chi connectivity index (χ1) is 12.5. The number of benzene rings is 2. The lowest BCUT2D eigenvalue weighted by Crippen LogP contribution is -2.35. The van der Waals surface area contributed by atoms with E-state index < -0.39 is 11.7 Å². The minimum absolute atomic E-state index is 0.128. The van der Waals surface area contributed by atoms with Crippen molar-refractivity contribution in [1.29, 1.82) is 0 Å². The fourth-order valence-corrected chi connectivity index (χ4v) is 3.17. The third kappa shape index (κ3) is 4.46. The molecule has 136 valence electrons. The third-order valence-electron chi connectivity index (χ3n) is 4.59. The van der Waals surface area contributed by atoms with Crippen molar-refractivity contribution in [2.75, 3.05) is 26.2 Å². The molecule has 2 aromatic carbocycles. The molecule has 0 aromatic heterocycles. The van der Waals surface area contributed by atoms with Crippen molar-refractivity contribution in [1.82, 2.24) is 9.80 Å². The predicted molar refractivity (Wildman–Crippen MR) is 97.2 cm³/mol. The van der Waals surface area contributed by atoms with Crippen LogP contribution in [-0.2, 0) is 6.54 Å². The molecule has 0 aliphatic carbocycles. The van der Waals surface area contributed by atoms with Gasteiger partial charge in [0.05, 0.1) is 0 Å². The first-order valence-corrected chi connectivity index (χ1v) is 8.69. The Morgan fingerprint density at radius 3 is 2.42 bits per heavy atom. The number of rotatable bonds is 4. The summed E-state index contributed by atoms with van der Waals surface area (Å²) in [6.45, 7) is 3.64. The Bertz CT molecular complexity index is 792. The van der Waals surface area contributed by atoms with Crippen molar-refractivity contribution in [3.63, 3.8) is 0 Å². The maximum absolute atomic E-state index is 13.3. The molecule has 5 nitrogen and oxygen atoms in total. The smallest absolute Gasteiger partial charge is 0.254 e. The van der Waals surface area contributed by atoms with Gasteiger partial charge in [0.2, 0.25) is 5.91 Å². The molecular formula is C20H22FN3O2. The fraction of sp³-hybridized carbons (Fsp3) is 0.300. The summed E-state index contributed by atoms with van der Waals surface area (Å²) >= 11 is 0. The molecular weight excluding hydrogens is 333 g/mol. The van der Waals surface area contributed by atoms with Crippen LogP contribution in [0.25, 0.3) is 0 Å². The van der Waals surface area contributed by atoms with E-state index in [9.17, 15) is 14.0 Å². The summed E-state index contributed by atoms with van der Waals surface area (Å²) in [5.74, 6) is -0.957. The highest BCUT2D eigenvalue weighted by atomic mass is 19.1. The largest absolute Gasteiger partial charge is 0.366 e. The Morgan fingerprint density at radius 2 is 1.73 bits per heavy atom. The van der Waals surface area contributed by atoms with Gasteiger partial charge in [0.1, 0.15) is 5.82 Å². The molecule has 1 heterocycles. The van der Waals surface area contributed by atoms with Gasteiger partial charge in [0, 0.05) is 43.9 Å². The van der Waals surface area contributed by atoms with Crippen LogP contribution in [0.3, 0.4) is 0 Å². The summed E-state index contributed by atoms with van der Waals surface area (Å²) in [6.07, 6.45) is 0.862. The molecule has 0 atom stereocenters. The van der Waals surface area contributed by atoms with Gasteiger partial charge < -0.3 is 10.6 Å². The Balaban J connectivity index is 1.59. The van der Waals surface area contributed by atoms with Crippen molar-refractivity contribution >= 4 is 11.8 Å². The monoisotopic (exact) mass is 355 g/mol. The molecule has 26 heavy (non-hydrogen) atoms. The van der Waals surface area contributed by atoms with Crippen LogP contribution in [0.5, 0.6) is 0 Å². The molecule has 0 bridgehead atoms. The molecule has 1 saturated heterocycles. The van der Waals surface area contributed by atoms with Gasteiger partial charge in [-0.3, -0.25) is 14.5 Å². The van der Waals surface area contributed by atoms with Gasteiger partial charge in [0.15, 0.2) is 0 Å². The zero-order valence-electron chi connectivity index (χ0n) is 14.5. The molecule has 0 unspecified atom stereocenters. The molecule has 3 rings (SSSR count). The number of carbonyl (C=O) groups excluding carboxylic acids is 2. The fourth-order valence-electron chi connectivity index (χ4n) is 3.17. The SMILES string of the molecule is NC(=O)c1ccc(CN2CCCN(C(=O)c3cccc(F)c3)CC2)cc1. The van der Waals surface area contributed by atoms with Gasteiger partial charge in [-0.2, -0.15) is 0 Å². The van der Waals surface area contributed by atoms with Crippen LogP contribution in [0.15, 0.2) is 48.5 Å². The molecule has 0 radical (unpaired) electrons. The van der Waals surface area contributed by atoms with E-state index in [2.05, 4.69) is 4.90 Å². The van der Waals surface area contributed by atoms with Gasteiger partial charge in [-0.15, -0.1) is 0 Å². The number of halogens is 1. The second kappa shape index (κ2) is 8.10. The van der Waals surface area contributed by atoms with E-state index in [0.717, 1.165) is 31.6 Å². The van der Waals surface area contributed by atoms with E-state index in [4.69, 9.17) is 5.73 Å². The molecule has 6 heteroatoms. The van der Waals surface area contributed by atoms with Crippen molar-refractivity contribution in [3.05, 3.63) is 71.0 Å². The standard InChI is InChI=1S/C20H22FN3O2/c21-18-4-1-3-17(13-18)20(26)24-10-2-9-23(11-12-24)14-15-5-7-16(8-6-15)19(22)25/h1,3-8,13H,2,9-12,14H2,(H2,22,25). The maximum atomic E-state index is 13.3. The highest BCUT2D eigenvalue weighted by molar-refractivity contribution is 5.94. The predicted octanol–water partition coefficient (Wildman–Crippen LogP) is 2.27. The number of amides is 2. The highest BCUT2D eigenvalue weighted by Gasteiger charge is 2.20. The van der Waals surface area contributed by atoms with Crippen LogP contribution in [0.4, 0.5) is 4.39 Å². The van der Waals surface area contributed by atoms with E-state index in [-0.39, 0.29) is 5.91 Å². The van der Waals surface area contributed by atoms with E-state index >= 15 is 0 Å². The summed E-state index contributed by atoms with van der Waals surface area (Å²) in [7, 11) is 0. The summed E-state index contributed by atoms with van der Waals surface area (Å²) in [5, 5.41) is 0. The van der Waals surface area contributed by atoms with Crippen LogP contribution in [0.2, 0.25) is 0 Å². The van der Waals surface area contributed by atoms with E-state index in [1.807, 2.05) is 12.1 Å². The minimum atomic E-state index is -0.433. The van der Waals surface area contributed by atoms with E-state index in [1.165, 1.54) is 12.1 Å². The van der Waals surface area contributed by atoms with E-state index in [0.29, 0.717) is 24.2 Å². The van der Waals surface area contributed by atoms with Crippen LogP contribution < -0.4 is 5.73 Å². The van der Waals surface area contributed by atoms with Crippen LogP contribution in [0, 0.1) is 5.82 Å². The summed E-state index contributed by atoms with van der Waals surface area (Å²) in [6, 6.07) is 13.1. The average molecular weight is 355 g/mol. The number of nitrogens with zero attached hydrogens (tertiary/aromatic N) is 2. The summed E-state index contributed by atoms with van der Waals surface area (Å²) < 4.78 is 13.3. The maximum Gasteiger partial charge on any atom is 0.254 e. The number of nitrogens with two attached hydrogens (primary N) is 1. The molecule has 2 amide bonds. The van der Waals surface area contributed by atoms with Crippen molar-refractivity contribution in [2.24, 2.45) is 5.73 Å². The Kier molecular flexibility index (Phi) is 5.63. The van der Waals surface area contributed by atoms with Crippen LogP contribution in [0.1, 0.15) is 32.7 Å². The summed E-state index contributed by atoms with van der Waals surface area (Å²) in [5.41, 5.74) is 7.24. The van der Waals surface area contributed by atoms with Gasteiger partial charge >= 0.3 is 0 Å². The Labute approximate surface area is 152 Å². The molecule has 1 aliphatic rings. The molecule has 2 N–H and O–H groups in total. The number of hydrogen-bond donors (Lipinski definition) is 1. The normalized spacial score (nSPS) is 15.5. The second-order valence-electron chi connectivity index (χ2n) is 6.49. The second-order valence-corrected chi connectivity index (χ2v) is 6.49. The first-order valence-electron chi connectivity index (χ1n) is 8.69. The van der Waals surface area contributed by atoms with Gasteiger partial charge in [-0.1, -0.05) is 18.2 Å². The Hall–Kier alpha value is -2.73. The van der Waals surface area contributed by atoms with Crippen LogP contribution >= 0.6 is 0 Å². The van der Waals surface area contributed by atoms with Crippen LogP contribution in [-0.4, -0.2) is 47.8 Å². The lowest BCUT2D eigenvalue weighted by atomic mass is 10.1. The number of carbonyl (C=O) groups is 2. The van der Waals surface area contributed by atoms with Gasteiger partial charge in [-0.05, 0) is 42.3 Å². The minimum Gasteiger partial charge on any atom is -0.366 e. The zero-order chi connectivity index (χ0) is 18.5. The number of primary amides is 1. The highest BCUT2D eigenvalue weighted by Crippen LogP contribution is 2.13. The van der Waals surface area contributed by atoms with Gasteiger partial charge in [-0.25, -0.2) is 4.39 Å². The third-order valence-corrected chi connectivity index (χ3v) is 4.59. The number of hydrogen-bond acceptors (Lipinski definition) is 3. The van der Waals surface area contributed by atoms with Crippen molar-refractivity contribution in [3.8, 4) is 0 Å². The molecule has 1 aliphatic heterocycles.